The van der Waals surface area contributed by atoms with Crippen molar-refractivity contribution < 1.29 is 24.2 Å². The predicted molar refractivity (Wildman–Crippen MR) is 82.6 cm³/mol. The van der Waals surface area contributed by atoms with E-state index in [0.29, 0.717) is 10.2 Å². The van der Waals surface area contributed by atoms with E-state index in [9.17, 15) is 19.5 Å². The van der Waals surface area contributed by atoms with Gasteiger partial charge in [-0.15, -0.1) is 11.6 Å². The summed E-state index contributed by atoms with van der Waals surface area (Å²) >= 11 is 8.97. The summed E-state index contributed by atoms with van der Waals surface area (Å²) in [6, 6.07) is 4.83. The summed E-state index contributed by atoms with van der Waals surface area (Å²) in [5.74, 6) is -2.42. The van der Waals surface area contributed by atoms with Crippen LogP contribution in [-0.2, 0) is 24.7 Å². The van der Waals surface area contributed by atoms with E-state index in [1.807, 2.05) is 0 Å². The van der Waals surface area contributed by atoms with Crippen molar-refractivity contribution in [3.8, 4) is 0 Å². The van der Waals surface area contributed by atoms with Gasteiger partial charge in [0.2, 0.25) is 0 Å². The topological polar surface area (TPSA) is 92.7 Å². The molecule has 1 aromatic rings. The van der Waals surface area contributed by atoms with E-state index in [0.717, 1.165) is 0 Å². The second-order valence-corrected chi connectivity index (χ2v) is 6.11. The van der Waals surface area contributed by atoms with Crippen LogP contribution in [0, 0.1) is 0 Å². The molecule has 118 valence electrons. The van der Waals surface area contributed by atoms with Gasteiger partial charge in [-0.3, -0.25) is 9.59 Å². The number of hydrogen-bond acceptors (Lipinski definition) is 5. The predicted octanol–water partition coefficient (Wildman–Crippen LogP) is 1.72. The minimum Gasteiger partial charge on any atom is -0.465 e. The molecule has 0 fully saturated rings. The van der Waals surface area contributed by atoms with Gasteiger partial charge in [-0.2, -0.15) is 0 Å². The molecule has 0 bridgehead atoms. The molecule has 1 aromatic carbocycles. The molecule has 2 atom stereocenters. The zero-order valence-corrected chi connectivity index (χ0v) is 13.9. The Morgan fingerprint density at radius 3 is 2.82 bits per heavy atom. The molecule has 0 spiro atoms. The van der Waals surface area contributed by atoms with Gasteiger partial charge < -0.3 is 15.2 Å². The number of ether oxygens (including phenoxy) is 1. The Bertz CT molecular complexity index is 650. The lowest BCUT2D eigenvalue weighted by Gasteiger charge is -2.21. The third-order valence-electron chi connectivity index (χ3n) is 3.26. The van der Waals surface area contributed by atoms with Crippen molar-refractivity contribution in [1.82, 2.24) is 0 Å². The second kappa shape index (κ2) is 6.36. The van der Waals surface area contributed by atoms with Crippen molar-refractivity contribution in [2.45, 2.75) is 24.3 Å². The number of rotatable bonds is 5. The van der Waals surface area contributed by atoms with Crippen LogP contribution in [0.2, 0.25) is 0 Å². The van der Waals surface area contributed by atoms with Gasteiger partial charge in [0.1, 0.15) is 0 Å². The first-order chi connectivity index (χ1) is 10.3. The van der Waals surface area contributed by atoms with Crippen molar-refractivity contribution >= 4 is 50.9 Å². The van der Waals surface area contributed by atoms with E-state index < -0.39 is 35.1 Å². The normalized spacial score (nSPS) is 21.0. The number of ketones is 1. The summed E-state index contributed by atoms with van der Waals surface area (Å²) in [6.45, 7) is 1.66. The van der Waals surface area contributed by atoms with Crippen molar-refractivity contribution in [1.29, 1.82) is 0 Å². The van der Waals surface area contributed by atoms with Crippen LogP contribution in [-0.4, -0.2) is 34.8 Å². The standard InChI is InChI=1S/C14H13BrClNO5/c1-2-22-12(19)11(16)10(18)6-14(21)8-5-7(15)3-4-9(8)17-13(14)20/h3-5,11,21H,2,6H2,1H3,(H,17,20). The Balaban J connectivity index is 2.25. The number of hydrogen-bond donors (Lipinski definition) is 2. The van der Waals surface area contributed by atoms with Crippen LogP contribution in [0.4, 0.5) is 5.69 Å². The molecule has 6 nitrogen and oxygen atoms in total. The number of anilines is 1. The van der Waals surface area contributed by atoms with E-state index >= 15 is 0 Å². The SMILES string of the molecule is CCOC(=O)C(Cl)C(=O)CC1(O)C(=O)Nc2ccc(Br)cc21. The number of halogens is 2. The van der Waals surface area contributed by atoms with Gasteiger partial charge in [0.15, 0.2) is 16.8 Å². The van der Waals surface area contributed by atoms with Gasteiger partial charge in [-0.25, -0.2) is 4.79 Å². The molecule has 0 radical (unpaired) electrons. The fraction of sp³-hybridized carbons (Fsp3) is 0.357. The van der Waals surface area contributed by atoms with Crippen LogP contribution in [0.1, 0.15) is 18.9 Å². The number of benzene rings is 1. The van der Waals surface area contributed by atoms with Crippen molar-refractivity contribution in [2.24, 2.45) is 0 Å². The first-order valence-corrected chi connectivity index (χ1v) is 7.70. The maximum Gasteiger partial charge on any atom is 0.331 e. The molecular formula is C14H13BrClNO5. The van der Waals surface area contributed by atoms with E-state index in [1.165, 1.54) is 6.07 Å². The zero-order valence-electron chi connectivity index (χ0n) is 11.6. The summed E-state index contributed by atoms with van der Waals surface area (Å²) < 4.78 is 5.30. The molecule has 1 aliphatic rings. The van der Waals surface area contributed by atoms with Gasteiger partial charge in [0.05, 0.1) is 13.0 Å². The molecule has 2 unspecified atom stereocenters. The molecule has 1 heterocycles. The fourth-order valence-electron chi connectivity index (χ4n) is 2.18. The molecule has 2 rings (SSSR count). The zero-order chi connectivity index (χ0) is 16.5. The highest BCUT2D eigenvalue weighted by atomic mass is 79.9. The maximum atomic E-state index is 12.1. The summed E-state index contributed by atoms with van der Waals surface area (Å²) in [4.78, 5) is 35.6. The first-order valence-electron chi connectivity index (χ1n) is 6.47. The largest absolute Gasteiger partial charge is 0.465 e. The highest BCUT2D eigenvalue weighted by Crippen LogP contribution is 2.40. The lowest BCUT2D eigenvalue weighted by molar-refractivity contribution is -0.148. The Morgan fingerprint density at radius 1 is 1.50 bits per heavy atom. The fourth-order valence-corrected chi connectivity index (χ4v) is 2.68. The summed E-state index contributed by atoms with van der Waals surface area (Å²) in [5.41, 5.74) is -1.39. The van der Waals surface area contributed by atoms with Crippen LogP contribution in [0.3, 0.4) is 0 Å². The number of amides is 1. The van der Waals surface area contributed by atoms with Crippen molar-refractivity contribution in [3.63, 3.8) is 0 Å². The summed E-state index contributed by atoms with van der Waals surface area (Å²) in [6.07, 6.45) is -0.616. The Labute approximate surface area is 139 Å². The van der Waals surface area contributed by atoms with Crippen LogP contribution in [0.5, 0.6) is 0 Å². The molecule has 2 N–H and O–H groups in total. The van der Waals surface area contributed by atoms with Crippen molar-refractivity contribution in [3.05, 3.63) is 28.2 Å². The average molecular weight is 391 g/mol. The van der Waals surface area contributed by atoms with E-state index in [2.05, 4.69) is 26.0 Å². The Kier molecular flexibility index (Phi) is 4.89. The Morgan fingerprint density at radius 2 is 2.18 bits per heavy atom. The molecule has 1 aliphatic heterocycles. The summed E-state index contributed by atoms with van der Waals surface area (Å²) in [5, 5.41) is 11.5. The number of fused-ring (bicyclic) bond motifs is 1. The number of esters is 1. The van der Waals surface area contributed by atoms with Crippen LogP contribution < -0.4 is 5.32 Å². The highest BCUT2D eigenvalue weighted by molar-refractivity contribution is 9.10. The first kappa shape index (κ1) is 16.9. The number of carbonyl (C=O) groups is 3. The number of carbonyl (C=O) groups excluding carboxylic acids is 3. The van der Waals surface area contributed by atoms with Gasteiger partial charge >= 0.3 is 5.97 Å². The lowest BCUT2D eigenvalue weighted by atomic mass is 9.89. The minimum atomic E-state index is -2.06. The minimum absolute atomic E-state index is 0.0792. The second-order valence-electron chi connectivity index (χ2n) is 4.76. The average Bonchev–Trinajstić information content (AvgIpc) is 2.70. The van der Waals surface area contributed by atoms with E-state index in [-0.39, 0.29) is 12.2 Å². The van der Waals surface area contributed by atoms with Gasteiger partial charge in [-0.05, 0) is 25.1 Å². The van der Waals surface area contributed by atoms with Crippen molar-refractivity contribution in [2.75, 3.05) is 11.9 Å². The van der Waals surface area contributed by atoms with Crippen LogP contribution in [0.25, 0.3) is 0 Å². The van der Waals surface area contributed by atoms with E-state index in [4.69, 9.17) is 11.6 Å². The monoisotopic (exact) mass is 389 g/mol. The molecule has 8 heteroatoms. The lowest BCUT2D eigenvalue weighted by Crippen LogP contribution is -2.40. The highest BCUT2D eigenvalue weighted by Gasteiger charge is 2.48. The molecule has 0 aromatic heterocycles. The van der Waals surface area contributed by atoms with E-state index in [1.54, 1.807) is 19.1 Å². The third kappa shape index (κ3) is 3.02. The number of Topliss-reactive ketones (excluding diaryl/α,β-unsaturated/α-hetero) is 1. The molecule has 0 saturated heterocycles. The smallest absolute Gasteiger partial charge is 0.331 e. The quantitative estimate of drug-likeness (QED) is 0.454. The summed E-state index contributed by atoms with van der Waals surface area (Å²) in [7, 11) is 0. The molecule has 1 amide bonds. The molecular weight excluding hydrogens is 378 g/mol. The third-order valence-corrected chi connectivity index (χ3v) is 4.17. The molecule has 0 saturated carbocycles. The van der Waals surface area contributed by atoms with Gasteiger partial charge in [-0.1, -0.05) is 15.9 Å². The molecule has 0 aliphatic carbocycles. The maximum absolute atomic E-state index is 12.1. The van der Waals surface area contributed by atoms with Crippen LogP contribution >= 0.6 is 27.5 Å². The number of alkyl halides is 1. The Hall–Kier alpha value is -1.44. The van der Waals surface area contributed by atoms with Crippen LogP contribution in [0.15, 0.2) is 22.7 Å². The van der Waals surface area contributed by atoms with Gasteiger partial charge in [0.25, 0.3) is 5.91 Å². The molecule has 22 heavy (non-hydrogen) atoms. The van der Waals surface area contributed by atoms with Gasteiger partial charge in [0, 0.05) is 15.7 Å². The number of nitrogens with one attached hydrogen (secondary N) is 1. The number of aliphatic hydroxyl groups is 1.